The third kappa shape index (κ3) is 4.49. The van der Waals surface area contributed by atoms with Gasteiger partial charge in [0.2, 0.25) is 0 Å². The van der Waals surface area contributed by atoms with Crippen molar-refractivity contribution >= 4 is 22.5 Å². The zero-order valence-electron chi connectivity index (χ0n) is 15.0. The molecule has 0 amide bonds. The maximum Gasteiger partial charge on any atom is 0.0784 e. The van der Waals surface area contributed by atoms with Gasteiger partial charge in [0.1, 0.15) is 0 Å². The lowest BCUT2D eigenvalue weighted by Gasteiger charge is -2.22. The van der Waals surface area contributed by atoms with E-state index < -0.39 is 0 Å². The Balaban J connectivity index is 0.00000225. The molecule has 0 unspecified atom stereocenters. The molecular weight excluding hydrogens is 353 g/mol. The third-order valence-corrected chi connectivity index (χ3v) is 4.59. The van der Waals surface area contributed by atoms with Gasteiger partial charge in [0.15, 0.2) is 0 Å². The van der Waals surface area contributed by atoms with Crippen molar-refractivity contribution in [3.8, 4) is 11.1 Å². The van der Waals surface area contributed by atoms with Crippen LogP contribution in [0, 0.1) is 0 Å². The number of hydrogen-bond donors (Lipinski definition) is 1. The fourth-order valence-corrected chi connectivity index (χ4v) is 3.26. The topological polar surface area (TPSA) is 12.6 Å². The summed E-state index contributed by atoms with van der Waals surface area (Å²) in [6.07, 6.45) is 3.38. The van der Waals surface area contributed by atoms with E-state index in [1.54, 1.807) is 0 Å². The van der Waals surface area contributed by atoms with Crippen LogP contribution in [0.5, 0.6) is 0 Å². The van der Waals surface area contributed by atoms with E-state index in [1.165, 1.54) is 33.5 Å². The highest BCUT2D eigenvalue weighted by atomic mass is 35.5. The van der Waals surface area contributed by atoms with Gasteiger partial charge >= 0.3 is 0 Å². The Morgan fingerprint density at radius 3 is 2.48 bits per heavy atom. The van der Waals surface area contributed by atoms with Crippen molar-refractivity contribution in [3.05, 3.63) is 59.8 Å². The highest BCUT2D eigenvalue weighted by molar-refractivity contribution is 6.31. The van der Waals surface area contributed by atoms with E-state index in [2.05, 4.69) is 73.4 Å². The number of nitrogens with one attached hydrogen (secondary N) is 1. The Morgan fingerprint density at radius 2 is 1.80 bits per heavy atom. The van der Waals surface area contributed by atoms with Gasteiger partial charge < -0.3 is 22.3 Å². The van der Waals surface area contributed by atoms with E-state index in [0.717, 1.165) is 18.0 Å². The molecule has 0 aliphatic heterocycles. The normalized spacial score (nSPS) is 10.9. The van der Waals surface area contributed by atoms with Crippen LogP contribution < -0.4 is 22.3 Å². The highest BCUT2D eigenvalue weighted by Crippen LogP contribution is 2.32. The molecule has 0 saturated heterocycles. The molecule has 1 heterocycles. The minimum Gasteiger partial charge on any atom is -1.00 e. The molecule has 1 aromatic heterocycles. The molecule has 0 fully saturated rings. The molecule has 0 spiro atoms. The fraction of sp³-hybridized carbons (Fsp3) is 0.300. The minimum atomic E-state index is 0. The van der Waals surface area contributed by atoms with Crippen molar-refractivity contribution in [2.24, 2.45) is 0 Å². The lowest BCUT2D eigenvalue weighted by molar-refractivity contribution is -0.858. The molecule has 3 aromatic rings. The number of quaternary nitrogens is 1. The summed E-state index contributed by atoms with van der Waals surface area (Å²) in [5.41, 5.74) is 3.63. The summed E-state index contributed by atoms with van der Waals surface area (Å²) in [6, 6.07) is 16.6. The smallest absolute Gasteiger partial charge is 0.0784 e. The fourth-order valence-electron chi connectivity index (χ4n) is 3.08. The molecule has 25 heavy (non-hydrogen) atoms. The molecule has 0 saturated carbocycles. The first-order chi connectivity index (χ1) is 11.6. The Bertz CT molecular complexity index is 812. The molecule has 3 nitrogen and oxygen atoms in total. The molecule has 3 rings (SSSR count). The predicted molar refractivity (Wildman–Crippen MR) is 104 cm³/mol. The van der Waals surface area contributed by atoms with Gasteiger partial charge in [-0.3, -0.25) is 4.68 Å². The van der Waals surface area contributed by atoms with Gasteiger partial charge in [-0.1, -0.05) is 41.9 Å². The second kappa shape index (κ2) is 8.61. The molecule has 0 aliphatic carbocycles. The first-order valence-corrected chi connectivity index (χ1v) is 8.80. The summed E-state index contributed by atoms with van der Waals surface area (Å²) in [6.45, 7) is 2.19. The minimum absolute atomic E-state index is 0. The van der Waals surface area contributed by atoms with Crippen molar-refractivity contribution in [3.63, 3.8) is 0 Å². The Labute approximate surface area is 161 Å². The van der Waals surface area contributed by atoms with Crippen LogP contribution in [0.1, 0.15) is 6.42 Å². The van der Waals surface area contributed by atoms with Crippen LogP contribution in [-0.4, -0.2) is 38.9 Å². The predicted octanol–water partition coefficient (Wildman–Crippen LogP) is 0.0681. The van der Waals surface area contributed by atoms with E-state index >= 15 is 0 Å². The first kappa shape index (κ1) is 19.6. The Kier molecular flexibility index (Phi) is 6.77. The number of aromatic nitrogens is 1. The summed E-state index contributed by atoms with van der Waals surface area (Å²) in [5, 5.41) is 4.25. The van der Waals surface area contributed by atoms with Crippen LogP contribution in [0.25, 0.3) is 22.0 Å². The molecule has 0 bridgehead atoms. The summed E-state index contributed by atoms with van der Waals surface area (Å²) < 4.78 is 2.25. The molecular formula is C20H25Cl2N3. The summed E-state index contributed by atoms with van der Waals surface area (Å²) >= 11 is 6.26. The third-order valence-electron chi connectivity index (χ3n) is 4.36. The molecule has 0 atom stereocenters. The van der Waals surface area contributed by atoms with Crippen molar-refractivity contribution in [2.75, 3.05) is 39.2 Å². The standard InChI is InChI=1S/C20H24ClN3.ClH/c1-22(2)12-7-13-23(3)24-15-19(16-8-5-4-6-9-16)18-14-17(21)10-11-20(18)24;/h4-6,8-11,14-15H,7,12-13H2,1-3H3;1H. The monoisotopic (exact) mass is 377 g/mol. The number of fused-ring (bicyclic) bond motifs is 1. The van der Waals surface area contributed by atoms with Gasteiger partial charge in [-0.2, -0.15) is 0 Å². The van der Waals surface area contributed by atoms with Gasteiger partial charge in [0.05, 0.1) is 26.2 Å². The van der Waals surface area contributed by atoms with E-state index in [1.807, 2.05) is 12.1 Å². The molecule has 134 valence electrons. The van der Waals surface area contributed by atoms with Gasteiger partial charge in [0.25, 0.3) is 0 Å². The second-order valence-corrected chi connectivity index (χ2v) is 7.04. The van der Waals surface area contributed by atoms with Crippen molar-refractivity contribution in [1.82, 2.24) is 4.68 Å². The number of hydrogen-bond acceptors (Lipinski definition) is 1. The molecule has 5 heteroatoms. The second-order valence-electron chi connectivity index (χ2n) is 6.61. The largest absolute Gasteiger partial charge is 1.00 e. The average molecular weight is 378 g/mol. The van der Waals surface area contributed by atoms with E-state index in [4.69, 9.17) is 11.6 Å². The zero-order valence-corrected chi connectivity index (χ0v) is 16.5. The van der Waals surface area contributed by atoms with Crippen molar-refractivity contribution in [2.45, 2.75) is 6.42 Å². The average Bonchev–Trinajstić information content (AvgIpc) is 2.94. The number of halogens is 2. The van der Waals surface area contributed by atoms with Gasteiger partial charge in [0, 0.05) is 42.2 Å². The summed E-state index contributed by atoms with van der Waals surface area (Å²) in [4.78, 5) is 1.48. The number of benzene rings is 2. The quantitative estimate of drug-likeness (QED) is 0.641. The Morgan fingerprint density at radius 1 is 1.08 bits per heavy atom. The van der Waals surface area contributed by atoms with Crippen molar-refractivity contribution < 1.29 is 17.3 Å². The molecule has 1 N–H and O–H groups in total. The lowest BCUT2D eigenvalue weighted by Crippen LogP contribution is -3.05. The van der Waals surface area contributed by atoms with E-state index in [-0.39, 0.29) is 12.4 Å². The maximum atomic E-state index is 6.26. The van der Waals surface area contributed by atoms with E-state index in [9.17, 15) is 0 Å². The number of nitrogens with zero attached hydrogens (tertiary/aromatic N) is 2. The summed E-state index contributed by atoms with van der Waals surface area (Å²) in [7, 11) is 6.54. The van der Waals surface area contributed by atoms with Gasteiger partial charge in [-0.25, -0.2) is 0 Å². The zero-order chi connectivity index (χ0) is 17.1. The number of rotatable bonds is 6. The molecule has 0 radical (unpaired) electrons. The SMILES string of the molecule is CN(CCC[NH+](C)C)n1cc(-c2ccccc2)c2cc(Cl)ccc21.[Cl-]. The lowest BCUT2D eigenvalue weighted by atomic mass is 10.1. The van der Waals surface area contributed by atoms with Crippen molar-refractivity contribution in [1.29, 1.82) is 0 Å². The van der Waals surface area contributed by atoms with Crippen LogP contribution in [-0.2, 0) is 0 Å². The Hall–Kier alpha value is -1.68. The van der Waals surface area contributed by atoms with Crippen LogP contribution in [0.15, 0.2) is 54.7 Å². The molecule has 2 aromatic carbocycles. The van der Waals surface area contributed by atoms with Crippen LogP contribution in [0.3, 0.4) is 0 Å². The molecule has 0 aliphatic rings. The first-order valence-electron chi connectivity index (χ1n) is 8.43. The van der Waals surface area contributed by atoms with Crippen LogP contribution >= 0.6 is 11.6 Å². The van der Waals surface area contributed by atoms with E-state index in [0.29, 0.717) is 0 Å². The summed E-state index contributed by atoms with van der Waals surface area (Å²) in [5.74, 6) is 0. The highest BCUT2D eigenvalue weighted by Gasteiger charge is 2.13. The van der Waals surface area contributed by atoms with Gasteiger partial charge in [-0.05, 0) is 23.8 Å². The van der Waals surface area contributed by atoms with Crippen LogP contribution in [0.2, 0.25) is 5.02 Å². The van der Waals surface area contributed by atoms with Gasteiger partial charge in [-0.15, -0.1) is 0 Å². The van der Waals surface area contributed by atoms with Crippen LogP contribution in [0.4, 0.5) is 0 Å². The maximum absolute atomic E-state index is 6.26.